The van der Waals surface area contributed by atoms with Gasteiger partial charge in [0.25, 0.3) is 0 Å². The average molecular weight is 397 g/mol. The average Bonchev–Trinajstić information content (AvgIpc) is 2.72. The van der Waals surface area contributed by atoms with Crippen LogP contribution in [0.3, 0.4) is 0 Å². The second-order valence-corrected chi connectivity index (χ2v) is 11.2. The van der Waals surface area contributed by atoms with Gasteiger partial charge in [-0.15, -0.1) is 0 Å². The smallest absolute Gasteiger partial charge is 0.129 e. The van der Waals surface area contributed by atoms with Crippen molar-refractivity contribution >= 4 is 0 Å². The van der Waals surface area contributed by atoms with Crippen molar-refractivity contribution in [2.45, 2.75) is 129 Å². The molecule has 1 nitrogen and oxygen atoms in total. The molecular weight excluding hydrogens is 354 g/mol. The highest BCUT2D eigenvalue weighted by Gasteiger charge is 2.52. The predicted octanol–water partition coefficient (Wildman–Crippen LogP) is 7.42. The van der Waals surface area contributed by atoms with E-state index in [1.807, 2.05) is 13.8 Å². The van der Waals surface area contributed by atoms with Gasteiger partial charge in [0.2, 0.25) is 0 Å². The molecule has 0 aromatic heterocycles. The fourth-order valence-corrected chi connectivity index (χ4v) is 7.68. The van der Waals surface area contributed by atoms with Gasteiger partial charge < -0.3 is 4.74 Å². The van der Waals surface area contributed by atoms with E-state index in [1.54, 1.807) is 0 Å². The molecule has 0 radical (unpaired) electrons. The molecule has 0 heterocycles. The topological polar surface area (TPSA) is 9.23 Å². The minimum absolute atomic E-state index is 0.106. The lowest BCUT2D eigenvalue weighted by atomic mass is 9.47. The summed E-state index contributed by atoms with van der Waals surface area (Å²) in [6.07, 6.45) is 12.9. The third-order valence-corrected chi connectivity index (χ3v) is 9.71. The number of halogens is 2. The fraction of sp³-hybridized carbons (Fsp3) is 1.00. The lowest BCUT2D eigenvalue weighted by Crippen LogP contribution is -2.47. The molecule has 5 fully saturated rings. The van der Waals surface area contributed by atoms with Crippen LogP contribution in [0.25, 0.3) is 0 Å². The van der Waals surface area contributed by atoms with Gasteiger partial charge in [-0.25, -0.2) is 8.78 Å². The summed E-state index contributed by atoms with van der Waals surface area (Å²) in [4.78, 5) is 0. The number of alkyl halides is 2. The van der Waals surface area contributed by atoms with E-state index < -0.39 is 18.4 Å². The van der Waals surface area contributed by atoms with Crippen molar-refractivity contribution < 1.29 is 13.5 Å². The van der Waals surface area contributed by atoms with Gasteiger partial charge in [-0.2, -0.15) is 0 Å². The summed E-state index contributed by atoms with van der Waals surface area (Å²) in [5, 5.41) is 0. The Labute approximate surface area is 171 Å². The Morgan fingerprint density at radius 1 is 0.821 bits per heavy atom. The molecule has 0 aliphatic heterocycles. The maximum Gasteiger partial charge on any atom is 0.129 e. The van der Waals surface area contributed by atoms with Gasteiger partial charge >= 0.3 is 0 Å². The summed E-state index contributed by atoms with van der Waals surface area (Å²) in [6, 6.07) is 0. The normalized spacial score (nSPS) is 49.5. The zero-order chi connectivity index (χ0) is 19.9. The third-order valence-electron chi connectivity index (χ3n) is 9.71. The van der Waals surface area contributed by atoms with Crippen molar-refractivity contribution in [2.24, 2.45) is 28.6 Å². The Kier molecular flexibility index (Phi) is 6.14. The van der Waals surface area contributed by atoms with Crippen molar-refractivity contribution in [3.8, 4) is 0 Å². The van der Waals surface area contributed by atoms with Gasteiger partial charge in [0.15, 0.2) is 0 Å². The standard InChI is InChI=1S/C25H42F2O/c1-4-24-9-12-25(13-10-24,14-11-24)20-7-5-18(6-8-20)19-15-21(26)23(22(27)16-19)28-17(2)3/h17-23H,4-16H2,1-3H3. The van der Waals surface area contributed by atoms with Crippen LogP contribution in [0.5, 0.6) is 0 Å². The minimum Gasteiger partial charge on any atom is -0.369 e. The Balaban J connectivity index is 1.30. The van der Waals surface area contributed by atoms with Crippen LogP contribution in [0.1, 0.15) is 104 Å². The minimum atomic E-state index is -1.13. The van der Waals surface area contributed by atoms with Crippen molar-refractivity contribution in [3.05, 3.63) is 0 Å². The first-order chi connectivity index (χ1) is 13.4. The fourth-order valence-electron chi connectivity index (χ4n) is 7.68. The quantitative estimate of drug-likeness (QED) is 0.470. The Bertz CT molecular complexity index is 488. The molecule has 0 aromatic rings. The molecular formula is C25H42F2O. The number of fused-ring (bicyclic) bond motifs is 3. The Morgan fingerprint density at radius 3 is 1.82 bits per heavy atom. The zero-order valence-electron chi connectivity index (χ0n) is 18.4. The molecule has 5 aliphatic rings. The SMILES string of the molecule is CCC12CCC(C3CCC(C4CC(F)C(OC(C)C)C(F)C4)CC3)(CC1)CC2. The van der Waals surface area contributed by atoms with Gasteiger partial charge in [-0.05, 0) is 119 Å². The monoisotopic (exact) mass is 396 g/mol. The maximum atomic E-state index is 14.7. The van der Waals surface area contributed by atoms with E-state index in [1.165, 1.54) is 70.6 Å². The van der Waals surface area contributed by atoms with Crippen LogP contribution in [-0.4, -0.2) is 24.6 Å². The largest absolute Gasteiger partial charge is 0.369 e. The van der Waals surface area contributed by atoms with Gasteiger partial charge in [-0.3, -0.25) is 0 Å². The lowest BCUT2D eigenvalue weighted by molar-refractivity contribution is -0.113. The molecule has 0 N–H and O–H groups in total. The van der Waals surface area contributed by atoms with Crippen molar-refractivity contribution in [1.29, 1.82) is 0 Å². The van der Waals surface area contributed by atoms with Crippen molar-refractivity contribution in [2.75, 3.05) is 0 Å². The summed E-state index contributed by atoms with van der Waals surface area (Å²) in [7, 11) is 0. The number of hydrogen-bond acceptors (Lipinski definition) is 1. The zero-order valence-corrected chi connectivity index (χ0v) is 18.4. The van der Waals surface area contributed by atoms with Crippen molar-refractivity contribution in [1.82, 2.24) is 0 Å². The molecule has 3 heteroatoms. The molecule has 0 amide bonds. The number of rotatable bonds is 5. The molecule has 0 spiro atoms. The van der Waals surface area contributed by atoms with Gasteiger partial charge in [0.1, 0.15) is 18.4 Å². The first kappa shape index (κ1) is 21.1. The summed E-state index contributed by atoms with van der Waals surface area (Å²) < 4.78 is 34.9. The van der Waals surface area contributed by atoms with E-state index >= 15 is 0 Å². The van der Waals surface area contributed by atoms with E-state index in [0.717, 1.165) is 5.92 Å². The summed E-state index contributed by atoms with van der Waals surface area (Å²) >= 11 is 0. The van der Waals surface area contributed by atoms with Crippen LogP contribution in [-0.2, 0) is 4.74 Å². The van der Waals surface area contributed by atoms with Crippen LogP contribution >= 0.6 is 0 Å². The van der Waals surface area contributed by atoms with E-state index in [0.29, 0.717) is 29.6 Å². The van der Waals surface area contributed by atoms with E-state index in [-0.39, 0.29) is 12.0 Å². The van der Waals surface area contributed by atoms with E-state index in [9.17, 15) is 8.78 Å². The molecule has 5 aliphatic carbocycles. The van der Waals surface area contributed by atoms with Crippen LogP contribution in [0.15, 0.2) is 0 Å². The summed E-state index contributed by atoms with van der Waals surface area (Å²) in [5.41, 5.74) is 1.30. The second kappa shape index (κ2) is 8.16. The van der Waals surface area contributed by atoms with E-state index in [4.69, 9.17) is 4.74 Å². The molecule has 5 rings (SSSR count). The lowest BCUT2D eigenvalue weighted by Gasteiger charge is -2.58. The first-order valence-corrected chi connectivity index (χ1v) is 12.3. The Hall–Kier alpha value is -0.180. The first-order valence-electron chi connectivity index (χ1n) is 12.3. The van der Waals surface area contributed by atoms with E-state index in [2.05, 4.69) is 6.92 Å². The summed E-state index contributed by atoms with van der Waals surface area (Å²) in [5.74, 6) is 1.63. The molecule has 5 saturated carbocycles. The van der Waals surface area contributed by atoms with Crippen LogP contribution in [0.4, 0.5) is 8.78 Å². The van der Waals surface area contributed by atoms with Crippen molar-refractivity contribution in [3.63, 3.8) is 0 Å². The molecule has 2 unspecified atom stereocenters. The highest BCUT2D eigenvalue weighted by Crippen LogP contribution is 2.63. The predicted molar refractivity (Wildman–Crippen MR) is 111 cm³/mol. The number of hydrogen-bond donors (Lipinski definition) is 0. The third kappa shape index (κ3) is 3.91. The molecule has 0 aromatic carbocycles. The molecule has 162 valence electrons. The highest BCUT2D eigenvalue weighted by atomic mass is 19.1. The highest BCUT2D eigenvalue weighted by molar-refractivity contribution is 5.03. The maximum absolute atomic E-state index is 14.7. The summed E-state index contributed by atoms with van der Waals surface area (Å²) in [6.45, 7) is 6.13. The van der Waals surface area contributed by atoms with Gasteiger partial charge in [0, 0.05) is 0 Å². The molecule has 2 bridgehead atoms. The van der Waals surface area contributed by atoms with Gasteiger partial charge in [0.05, 0.1) is 6.10 Å². The second-order valence-electron chi connectivity index (χ2n) is 11.2. The van der Waals surface area contributed by atoms with Crippen LogP contribution in [0.2, 0.25) is 0 Å². The Morgan fingerprint density at radius 2 is 1.36 bits per heavy atom. The van der Waals surface area contributed by atoms with Gasteiger partial charge in [-0.1, -0.05) is 13.3 Å². The molecule has 28 heavy (non-hydrogen) atoms. The van der Waals surface area contributed by atoms with Crippen LogP contribution in [0, 0.1) is 28.6 Å². The molecule has 2 atom stereocenters. The number of ether oxygens (including phenoxy) is 1. The molecule has 0 saturated heterocycles. The van der Waals surface area contributed by atoms with Crippen LogP contribution < -0.4 is 0 Å².